The molecule has 4 heteroatoms. The topological polar surface area (TPSA) is 22.3 Å². The first kappa shape index (κ1) is 24.5. The Hall–Kier alpha value is -1.10. The normalized spacial score (nSPS) is 27.3. The van der Waals surface area contributed by atoms with Crippen LogP contribution in [0.4, 0.5) is 0 Å². The zero-order valence-corrected chi connectivity index (χ0v) is 21.1. The summed E-state index contributed by atoms with van der Waals surface area (Å²) in [7, 11) is 1.77. The number of allylic oxidation sites excluding steroid dienone is 3. The van der Waals surface area contributed by atoms with Gasteiger partial charge in [0.05, 0.1) is 17.5 Å². The lowest BCUT2D eigenvalue weighted by atomic mass is 9.62. The average molecular weight is 445 g/mol. The molecule has 3 nitrogen and oxygen atoms in total. The molecule has 172 valence electrons. The number of methoxy groups -OCH3 is 1. The van der Waals surface area contributed by atoms with Crippen LogP contribution in [0.2, 0.25) is 0 Å². The molecule has 3 rings (SSSR count). The van der Waals surface area contributed by atoms with Crippen LogP contribution in [0.3, 0.4) is 0 Å². The molecule has 2 aliphatic rings. The van der Waals surface area contributed by atoms with Crippen LogP contribution in [0, 0.1) is 17.3 Å². The zero-order chi connectivity index (χ0) is 22.4. The summed E-state index contributed by atoms with van der Waals surface area (Å²) < 4.78 is 14.0. The summed E-state index contributed by atoms with van der Waals surface area (Å²) in [6.45, 7) is 12.0. The van der Waals surface area contributed by atoms with Gasteiger partial charge >= 0.3 is 0 Å². The first-order valence-corrected chi connectivity index (χ1v) is 13.1. The molecule has 1 aromatic heterocycles. The number of rotatable bonds is 11. The van der Waals surface area contributed by atoms with Gasteiger partial charge in [0.2, 0.25) is 0 Å². The maximum atomic E-state index is 6.27. The van der Waals surface area contributed by atoms with Crippen molar-refractivity contribution in [2.75, 3.05) is 7.11 Å². The first-order valence-electron chi connectivity index (χ1n) is 12.1. The lowest BCUT2D eigenvalue weighted by molar-refractivity contribution is -0.741. The Bertz CT molecular complexity index is 749. The van der Waals surface area contributed by atoms with Crippen molar-refractivity contribution < 1.29 is 14.0 Å². The molecule has 6 atom stereocenters. The van der Waals surface area contributed by atoms with Crippen molar-refractivity contribution >= 4 is 11.8 Å². The molecule has 0 radical (unpaired) electrons. The Balaban J connectivity index is 1.89. The quantitative estimate of drug-likeness (QED) is 0.364. The minimum absolute atomic E-state index is 0.164. The van der Waals surface area contributed by atoms with E-state index in [1.165, 1.54) is 25.0 Å². The van der Waals surface area contributed by atoms with Crippen LogP contribution < -0.4 is 4.57 Å². The van der Waals surface area contributed by atoms with E-state index in [1.54, 1.807) is 7.11 Å². The largest absolute Gasteiger partial charge is 0.382 e. The van der Waals surface area contributed by atoms with Gasteiger partial charge < -0.3 is 9.47 Å². The minimum atomic E-state index is 0.164. The van der Waals surface area contributed by atoms with Crippen molar-refractivity contribution in [2.45, 2.75) is 89.7 Å². The number of fused-ring (bicyclic) bond motifs is 1. The third-order valence-corrected chi connectivity index (χ3v) is 9.43. The third-order valence-electron chi connectivity index (χ3n) is 7.82. The maximum absolute atomic E-state index is 6.27. The molecular weight excluding hydrogens is 402 g/mol. The molecule has 0 aromatic carbocycles. The van der Waals surface area contributed by atoms with Crippen molar-refractivity contribution in [1.82, 2.24) is 0 Å². The lowest BCUT2D eigenvalue weighted by Gasteiger charge is -2.42. The fraction of sp³-hybridized carbons (Fsp3) is 0.667. The Morgan fingerprint density at radius 2 is 1.74 bits per heavy atom. The molecule has 6 unspecified atom stereocenters. The number of thioether (sulfide) groups is 1. The minimum Gasteiger partial charge on any atom is -0.382 e. The van der Waals surface area contributed by atoms with Gasteiger partial charge in [-0.2, -0.15) is 4.57 Å². The molecule has 1 aliphatic heterocycles. The molecule has 0 spiro atoms. The second kappa shape index (κ2) is 11.2. The van der Waals surface area contributed by atoms with Gasteiger partial charge in [0.15, 0.2) is 11.9 Å². The van der Waals surface area contributed by atoms with E-state index in [9.17, 15) is 0 Å². The number of pyridine rings is 1. The highest BCUT2D eigenvalue weighted by atomic mass is 32.2. The van der Waals surface area contributed by atoms with Crippen molar-refractivity contribution in [1.29, 1.82) is 0 Å². The molecule has 1 fully saturated rings. The van der Waals surface area contributed by atoms with Gasteiger partial charge in [0, 0.05) is 24.5 Å². The molecule has 0 amide bonds. The zero-order valence-electron chi connectivity index (χ0n) is 20.3. The van der Waals surface area contributed by atoms with Crippen LogP contribution in [0.15, 0.2) is 48.7 Å². The van der Waals surface area contributed by atoms with Gasteiger partial charge in [0.25, 0.3) is 6.73 Å². The van der Waals surface area contributed by atoms with Crippen LogP contribution in [0.5, 0.6) is 0 Å². The smallest absolute Gasteiger partial charge is 0.253 e. The van der Waals surface area contributed by atoms with Gasteiger partial charge in [-0.25, -0.2) is 0 Å². The van der Waals surface area contributed by atoms with Crippen LogP contribution in [-0.2, 0) is 16.2 Å². The van der Waals surface area contributed by atoms with Gasteiger partial charge in [-0.05, 0) is 37.5 Å². The first-order chi connectivity index (χ1) is 15.0. The predicted octanol–water partition coefficient (Wildman–Crippen LogP) is 6.49. The van der Waals surface area contributed by atoms with E-state index in [-0.39, 0.29) is 12.2 Å². The lowest BCUT2D eigenvalue weighted by Crippen LogP contribution is -2.44. The van der Waals surface area contributed by atoms with E-state index in [0.29, 0.717) is 34.5 Å². The predicted molar refractivity (Wildman–Crippen MR) is 131 cm³/mol. The summed E-state index contributed by atoms with van der Waals surface area (Å²) >= 11 is 2.16. The second-order valence-electron chi connectivity index (χ2n) is 9.30. The van der Waals surface area contributed by atoms with Crippen LogP contribution in [-0.4, -0.2) is 24.6 Å². The summed E-state index contributed by atoms with van der Waals surface area (Å²) in [5.41, 5.74) is 1.77. The molecule has 31 heavy (non-hydrogen) atoms. The van der Waals surface area contributed by atoms with E-state index in [2.05, 4.69) is 99.6 Å². The standard InChI is InChI=1S/C27H42NO2S/c1-7-27(8-2,9-3)25-22-14-10-11-16-24(22)31-26(25)23-15-12-13-17-28(23)19-30-21(5)18-20(4)29-6/h10-17,20-22,24-26H,7-9,18-19H2,1-6H3/q+1. The maximum Gasteiger partial charge on any atom is 0.253 e. The molecule has 1 aromatic rings. The summed E-state index contributed by atoms with van der Waals surface area (Å²) in [5.74, 6) is 1.24. The fourth-order valence-corrected chi connectivity index (χ4v) is 7.62. The van der Waals surface area contributed by atoms with Gasteiger partial charge in [0.1, 0.15) is 0 Å². The Morgan fingerprint density at radius 3 is 2.42 bits per heavy atom. The highest BCUT2D eigenvalue weighted by Gasteiger charge is 2.53. The number of hydrogen-bond acceptors (Lipinski definition) is 3. The third kappa shape index (κ3) is 5.29. The monoisotopic (exact) mass is 444 g/mol. The Morgan fingerprint density at radius 1 is 1.03 bits per heavy atom. The van der Waals surface area contributed by atoms with E-state index < -0.39 is 0 Å². The van der Waals surface area contributed by atoms with E-state index in [4.69, 9.17) is 9.47 Å². The summed E-state index contributed by atoms with van der Waals surface area (Å²) in [6.07, 6.45) is 16.6. The van der Waals surface area contributed by atoms with Crippen molar-refractivity contribution in [3.05, 3.63) is 54.4 Å². The summed E-state index contributed by atoms with van der Waals surface area (Å²) in [5, 5.41) is 1.04. The molecule has 1 saturated heterocycles. The molecular formula is C27H42NO2S+. The fourth-order valence-electron chi connectivity index (χ4n) is 5.66. The highest BCUT2D eigenvalue weighted by Crippen LogP contribution is 2.62. The average Bonchev–Trinajstić information content (AvgIpc) is 3.19. The SMILES string of the molecule is CCC(CC)(CC)C1C(c2cccc[n+]2COC(C)CC(C)OC)SC2C=CC=CC21. The van der Waals surface area contributed by atoms with Crippen LogP contribution in [0.1, 0.15) is 71.2 Å². The summed E-state index contributed by atoms with van der Waals surface area (Å²) in [6, 6.07) is 6.65. The number of hydrogen-bond donors (Lipinski definition) is 0. The van der Waals surface area contributed by atoms with Crippen molar-refractivity contribution in [2.24, 2.45) is 17.3 Å². The van der Waals surface area contributed by atoms with E-state index in [0.717, 1.165) is 6.42 Å². The Labute approximate surface area is 194 Å². The van der Waals surface area contributed by atoms with Crippen molar-refractivity contribution in [3.63, 3.8) is 0 Å². The molecule has 0 saturated carbocycles. The van der Waals surface area contributed by atoms with Gasteiger partial charge in [-0.3, -0.25) is 0 Å². The van der Waals surface area contributed by atoms with Gasteiger partial charge in [-0.15, -0.1) is 11.8 Å². The number of aromatic nitrogens is 1. The summed E-state index contributed by atoms with van der Waals surface area (Å²) in [4.78, 5) is 0. The second-order valence-corrected chi connectivity index (χ2v) is 10.6. The highest BCUT2D eigenvalue weighted by molar-refractivity contribution is 8.00. The molecule has 0 bridgehead atoms. The number of ether oxygens (including phenoxy) is 2. The van der Waals surface area contributed by atoms with Crippen LogP contribution >= 0.6 is 11.8 Å². The van der Waals surface area contributed by atoms with E-state index >= 15 is 0 Å². The Kier molecular flexibility index (Phi) is 8.83. The number of nitrogens with zero attached hydrogens (tertiary/aromatic N) is 1. The van der Waals surface area contributed by atoms with Gasteiger partial charge in [-0.1, -0.05) is 70.4 Å². The molecule has 1 aliphatic carbocycles. The molecule has 2 heterocycles. The van der Waals surface area contributed by atoms with Crippen molar-refractivity contribution in [3.8, 4) is 0 Å². The van der Waals surface area contributed by atoms with E-state index in [1.807, 2.05) is 0 Å². The molecule has 0 N–H and O–H groups in total. The van der Waals surface area contributed by atoms with Crippen LogP contribution in [0.25, 0.3) is 0 Å².